The van der Waals surface area contributed by atoms with E-state index in [0.717, 1.165) is 5.56 Å². The molecule has 0 aliphatic heterocycles. The first kappa shape index (κ1) is 20.0. The largest absolute Gasteiger partial charge is 0.497 e. The van der Waals surface area contributed by atoms with Gasteiger partial charge in [0.15, 0.2) is 11.5 Å². The van der Waals surface area contributed by atoms with Crippen LogP contribution in [0.5, 0.6) is 17.2 Å². The van der Waals surface area contributed by atoms with Crippen LogP contribution >= 0.6 is 0 Å². The molecule has 2 aromatic carbocycles. The molecule has 0 unspecified atom stereocenters. The highest BCUT2D eigenvalue weighted by Crippen LogP contribution is 2.27. The maximum atomic E-state index is 12.4. The number of nitrogens with one attached hydrogen (secondary N) is 2. The van der Waals surface area contributed by atoms with Gasteiger partial charge < -0.3 is 24.8 Å². The lowest BCUT2D eigenvalue weighted by atomic mass is 10.2. The minimum absolute atomic E-state index is 0.239. The van der Waals surface area contributed by atoms with Crippen LogP contribution in [0.1, 0.15) is 15.9 Å². The zero-order valence-electron chi connectivity index (χ0n) is 16.6. The Kier molecular flexibility index (Phi) is 6.52. The van der Waals surface area contributed by atoms with Crippen molar-refractivity contribution in [1.29, 1.82) is 0 Å². The van der Waals surface area contributed by atoms with Gasteiger partial charge in [0.05, 0.1) is 26.9 Å². The maximum absolute atomic E-state index is 12.4. The maximum Gasteiger partial charge on any atom is 0.257 e. The number of methoxy groups -OCH3 is 3. The average Bonchev–Trinajstić information content (AvgIpc) is 2.77. The molecule has 0 saturated heterocycles. The molecule has 0 radical (unpaired) electrons. The summed E-state index contributed by atoms with van der Waals surface area (Å²) in [6, 6.07) is 16.4. The molecule has 3 aromatic rings. The average molecular weight is 393 g/mol. The summed E-state index contributed by atoms with van der Waals surface area (Å²) in [4.78, 5) is 16.7. The molecule has 7 heteroatoms. The number of hydrogen-bond acceptors (Lipinski definition) is 6. The van der Waals surface area contributed by atoms with Crippen LogP contribution in [0.3, 0.4) is 0 Å². The minimum Gasteiger partial charge on any atom is -0.497 e. The van der Waals surface area contributed by atoms with Crippen molar-refractivity contribution in [3.8, 4) is 17.2 Å². The Balaban J connectivity index is 1.60. The smallest absolute Gasteiger partial charge is 0.257 e. The summed E-state index contributed by atoms with van der Waals surface area (Å²) in [5.41, 5.74) is 2.14. The third kappa shape index (κ3) is 5.16. The molecule has 0 bridgehead atoms. The van der Waals surface area contributed by atoms with Crippen LogP contribution in [0, 0.1) is 0 Å². The Morgan fingerprint density at radius 3 is 2.45 bits per heavy atom. The number of rotatable bonds is 8. The summed E-state index contributed by atoms with van der Waals surface area (Å²) in [6.45, 7) is 0.558. The van der Waals surface area contributed by atoms with Crippen molar-refractivity contribution in [2.24, 2.45) is 0 Å². The highest BCUT2D eigenvalue weighted by Gasteiger charge is 2.08. The van der Waals surface area contributed by atoms with Crippen LogP contribution in [0.25, 0.3) is 0 Å². The fraction of sp³-hybridized carbons (Fsp3) is 0.182. The van der Waals surface area contributed by atoms with E-state index in [1.165, 1.54) is 6.20 Å². The second-order valence-corrected chi connectivity index (χ2v) is 6.16. The summed E-state index contributed by atoms with van der Waals surface area (Å²) < 4.78 is 15.7. The van der Waals surface area contributed by atoms with Crippen molar-refractivity contribution in [1.82, 2.24) is 4.98 Å². The minimum atomic E-state index is -0.239. The molecule has 7 nitrogen and oxygen atoms in total. The molecule has 0 aliphatic rings. The van der Waals surface area contributed by atoms with Gasteiger partial charge in [-0.2, -0.15) is 0 Å². The quantitative estimate of drug-likeness (QED) is 0.603. The van der Waals surface area contributed by atoms with E-state index >= 15 is 0 Å². The van der Waals surface area contributed by atoms with Crippen molar-refractivity contribution in [3.63, 3.8) is 0 Å². The molecule has 29 heavy (non-hydrogen) atoms. The molecule has 0 atom stereocenters. The van der Waals surface area contributed by atoms with Crippen LogP contribution in [0.15, 0.2) is 60.8 Å². The molecular weight excluding hydrogens is 370 g/mol. The molecule has 0 fully saturated rings. The van der Waals surface area contributed by atoms with Gasteiger partial charge >= 0.3 is 0 Å². The van der Waals surface area contributed by atoms with Crippen LogP contribution < -0.4 is 24.8 Å². The molecule has 0 saturated carbocycles. The number of hydrogen-bond donors (Lipinski definition) is 2. The molecule has 3 rings (SSSR count). The van der Waals surface area contributed by atoms with Crippen LogP contribution in [-0.2, 0) is 6.54 Å². The Morgan fingerprint density at radius 1 is 0.931 bits per heavy atom. The third-order valence-electron chi connectivity index (χ3n) is 4.27. The fourth-order valence-corrected chi connectivity index (χ4v) is 2.72. The number of carbonyl (C=O) groups is 1. The number of nitrogens with zero attached hydrogens (tertiary/aromatic N) is 1. The lowest BCUT2D eigenvalue weighted by molar-refractivity contribution is 0.102. The van der Waals surface area contributed by atoms with E-state index < -0.39 is 0 Å². The number of pyridine rings is 1. The number of aromatic nitrogens is 1. The van der Waals surface area contributed by atoms with Crippen molar-refractivity contribution in [3.05, 3.63) is 71.9 Å². The first-order chi connectivity index (χ1) is 14.1. The van der Waals surface area contributed by atoms with Crippen molar-refractivity contribution in [2.75, 3.05) is 32.0 Å². The monoisotopic (exact) mass is 393 g/mol. The molecule has 1 aromatic heterocycles. The fourth-order valence-electron chi connectivity index (χ4n) is 2.72. The Hall–Kier alpha value is -3.74. The normalized spacial score (nSPS) is 10.2. The topological polar surface area (TPSA) is 81.7 Å². The van der Waals surface area contributed by atoms with Gasteiger partial charge in [0, 0.05) is 24.5 Å². The second kappa shape index (κ2) is 9.45. The van der Waals surface area contributed by atoms with E-state index in [4.69, 9.17) is 14.2 Å². The second-order valence-electron chi connectivity index (χ2n) is 6.16. The van der Waals surface area contributed by atoms with E-state index in [1.54, 1.807) is 45.6 Å². The van der Waals surface area contributed by atoms with Crippen molar-refractivity contribution in [2.45, 2.75) is 6.54 Å². The Bertz CT molecular complexity index is 974. The Labute approximate surface area is 169 Å². The summed E-state index contributed by atoms with van der Waals surface area (Å²) in [6.07, 6.45) is 1.53. The first-order valence-electron chi connectivity index (χ1n) is 8.99. The van der Waals surface area contributed by atoms with Crippen LogP contribution in [0.4, 0.5) is 11.5 Å². The lowest BCUT2D eigenvalue weighted by Gasteiger charge is -2.11. The highest BCUT2D eigenvalue weighted by molar-refractivity contribution is 6.04. The zero-order valence-corrected chi connectivity index (χ0v) is 16.6. The SMILES string of the molecule is COc1cccc(NC(=O)c2ccc(NCc3ccc(OC)c(OC)c3)nc2)c1. The molecule has 1 amide bonds. The highest BCUT2D eigenvalue weighted by atomic mass is 16.5. The van der Waals surface area contributed by atoms with Gasteiger partial charge in [0.2, 0.25) is 0 Å². The summed E-state index contributed by atoms with van der Waals surface area (Å²) in [5.74, 6) is 2.45. The number of amides is 1. The van der Waals surface area contributed by atoms with Gasteiger partial charge in [0.25, 0.3) is 5.91 Å². The molecule has 0 spiro atoms. The first-order valence-corrected chi connectivity index (χ1v) is 8.99. The predicted molar refractivity (Wildman–Crippen MR) is 112 cm³/mol. The number of ether oxygens (including phenoxy) is 3. The Morgan fingerprint density at radius 2 is 1.76 bits per heavy atom. The van der Waals surface area contributed by atoms with Crippen LogP contribution in [-0.4, -0.2) is 32.2 Å². The van der Waals surface area contributed by atoms with Gasteiger partial charge in [-0.3, -0.25) is 4.79 Å². The van der Waals surface area contributed by atoms with Crippen molar-refractivity contribution >= 4 is 17.4 Å². The number of carbonyl (C=O) groups excluding carboxylic acids is 1. The van der Waals surface area contributed by atoms with E-state index in [1.807, 2.05) is 30.3 Å². The van der Waals surface area contributed by atoms with E-state index in [0.29, 0.717) is 40.9 Å². The van der Waals surface area contributed by atoms with Gasteiger partial charge in [-0.15, -0.1) is 0 Å². The number of benzene rings is 2. The predicted octanol–water partition coefficient (Wildman–Crippen LogP) is 3.97. The standard InChI is InChI=1S/C22H23N3O4/c1-27-18-6-4-5-17(12-18)25-22(26)16-8-10-21(24-14-16)23-13-15-7-9-19(28-2)20(11-15)29-3/h4-12,14H,13H2,1-3H3,(H,23,24)(H,25,26). The zero-order chi connectivity index (χ0) is 20.6. The summed E-state index contributed by atoms with van der Waals surface area (Å²) in [5, 5.41) is 6.05. The lowest BCUT2D eigenvalue weighted by Crippen LogP contribution is -2.12. The summed E-state index contributed by atoms with van der Waals surface area (Å²) in [7, 11) is 4.79. The molecular formula is C22H23N3O4. The van der Waals surface area contributed by atoms with Gasteiger partial charge in [0.1, 0.15) is 11.6 Å². The van der Waals surface area contributed by atoms with E-state index in [-0.39, 0.29) is 5.91 Å². The summed E-state index contributed by atoms with van der Waals surface area (Å²) >= 11 is 0. The van der Waals surface area contributed by atoms with Gasteiger partial charge in [-0.1, -0.05) is 12.1 Å². The number of anilines is 2. The van der Waals surface area contributed by atoms with Gasteiger partial charge in [-0.25, -0.2) is 4.98 Å². The third-order valence-corrected chi connectivity index (χ3v) is 4.27. The molecule has 2 N–H and O–H groups in total. The van der Waals surface area contributed by atoms with Crippen molar-refractivity contribution < 1.29 is 19.0 Å². The molecule has 1 heterocycles. The van der Waals surface area contributed by atoms with Gasteiger partial charge in [-0.05, 0) is 42.0 Å². The van der Waals surface area contributed by atoms with E-state index in [2.05, 4.69) is 15.6 Å². The van der Waals surface area contributed by atoms with Crippen LogP contribution in [0.2, 0.25) is 0 Å². The molecule has 0 aliphatic carbocycles. The molecule has 150 valence electrons. The van der Waals surface area contributed by atoms with E-state index in [9.17, 15) is 4.79 Å².